The largest absolute Gasteiger partial charge is 0.492 e. The number of nitrogens with zero attached hydrogens (tertiary/aromatic N) is 8. The summed E-state index contributed by atoms with van der Waals surface area (Å²) in [6.07, 6.45) is -1.66. The molecule has 24 heteroatoms. The lowest BCUT2D eigenvalue weighted by Gasteiger charge is -2.21. The first kappa shape index (κ1) is 59.4. The van der Waals surface area contributed by atoms with Crippen LogP contribution in [0.2, 0.25) is 51.4 Å². The van der Waals surface area contributed by atoms with E-state index >= 15 is 0 Å². The summed E-state index contributed by atoms with van der Waals surface area (Å²) in [5, 5.41) is 9.20. The number of benzene rings is 2. The molecule has 0 aliphatic heterocycles. The highest BCUT2D eigenvalue weighted by atomic mass is 28.3. The van der Waals surface area contributed by atoms with Gasteiger partial charge in [0, 0.05) is 52.9 Å². The molecule has 4 aromatic heterocycles. The Hall–Kier alpha value is -6.51. The number of halogens is 6. The van der Waals surface area contributed by atoms with Gasteiger partial charge in [0.25, 0.3) is 0 Å². The van der Waals surface area contributed by atoms with Crippen molar-refractivity contribution < 1.29 is 64.7 Å². The highest BCUT2D eigenvalue weighted by molar-refractivity contribution is 6.76. The number of esters is 1. The number of hydrogen-bond donors (Lipinski definition) is 1. The van der Waals surface area contributed by atoms with Gasteiger partial charge in [0.1, 0.15) is 49.6 Å². The van der Waals surface area contributed by atoms with E-state index in [2.05, 4.69) is 69.2 Å². The van der Waals surface area contributed by atoms with Crippen LogP contribution in [0, 0.1) is 10.8 Å². The lowest BCUT2D eigenvalue weighted by molar-refractivity contribution is -0.152. The van der Waals surface area contributed by atoms with Crippen molar-refractivity contribution in [2.45, 2.75) is 105 Å². The van der Waals surface area contributed by atoms with Gasteiger partial charge in [-0.1, -0.05) is 39.3 Å². The Balaban J connectivity index is 0.000000277. The number of carboxylic acids is 1. The first-order valence-electron chi connectivity index (χ1n) is 23.7. The molecule has 0 saturated carbocycles. The fourth-order valence-corrected chi connectivity index (χ4v) is 7.86. The number of aromatic nitrogens is 8. The fourth-order valence-electron chi connectivity index (χ4n) is 6.35. The first-order chi connectivity index (χ1) is 34.8. The molecule has 0 fully saturated rings. The van der Waals surface area contributed by atoms with Gasteiger partial charge in [0.2, 0.25) is 0 Å². The van der Waals surface area contributed by atoms with E-state index in [4.69, 9.17) is 23.7 Å². The average molecular weight is 1090 g/mol. The van der Waals surface area contributed by atoms with E-state index in [1.807, 2.05) is 0 Å². The molecular formula is C51H64F6N8O8Si2. The van der Waals surface area contributed by atoms with E-state index in [0.29, 0.717) is 41.7 Å². The molecule has 0 amide bonds. The summed E-state index contributed by atoms with van der Waals surface area (Å²) in [5.74, 6) is -0.221. The minimum atomic E-state index is -4.60. The highest BCUT2D eigenvalue weighted by Gasteiger charge is 2.37. The zero-order valence-corrected chi connectivity index (χ0v) is 45.9. The summed E-state index contributed by atoms with van der Waals surface area (Å²) < 4.78 is 110. The van der Waals surface area contributed by atoms with Gasteiger partial charge in [-0.2, -0.15) is 26.3 Å². The number of carbonyl (C=O) groups is 2. The van der Waals surface area contributed by atoms with Crippen molar-refractivity contribution in [1.82, 2.24) is 39.0 Å². The molecule has 75 heavy (non-hydrogen) atoms. The summed E-state index contributed by atoms with van der Waals surface area (Å²) >= 11 is 0. The number of carbonyl (C=O) groups excluding carboxylic acids is 1. The number of aliphatic carboxylic acids is 1. The van der Waals surface area contributed by atoms with Crippen LogP contribution < -0.4 is 9.47 Å². The van der Waals surface area contributed by atoms with E-state index in [1.165, 1.54) is 41.0 Å². The van der Waals surface area contributed by atoms with Crippen molar-refractivity contribution in [1.29, 1.82) is 0 Å². The van der Waals surface area contributed by atoms with Crippen molar-refractivity contribution in [3.8, 4) is 57.1 Å². The van der Waals surface area contributed by atoms with E-state index < -0.39 is 56.7 Å². The van der Waals surface area contributed by atoms with Gasteiger partial charge >= 0.3 is 24.3 Å². The van der Waals surface area contributed by atoms with Crippen LogP contribution in [0.4, 0.5) is 26.3 Å². The van der Waals surface area contributed by atoms with Crippen molar-refractivity contribution in [2.75, 3.05) is 33.5 Å². The molecule has 0 aliphatic carbocycles. The molecule has 6 rings (SSSR count). The normalized spacial score (nSPS) is 12.5. The summed E-state index contributed by atoms with van der Waals surface area (Å²) in [7, 11) is -1.35. The van der Waals surface area contributed by atoms with E-state index in [0.717, 1.165) is 30.0 Å². The zero-order chi connectivity index (χ0) is 55.6. The predicted octanol–water partition coefficient (Wildman–Crippen LogP) is 11.7. The fraction of sp³-hybridized carbons (Fsp3) is 0.451. The Kier molecular flexibility index (Phi) is 19.3. The van der Waals surface area contributed by atoms with Crippen LogP contribution >= 0.6 is 0 Å². The third-order valence-electron chi connectivity index (χ3n) is 11.2. The summed E-state index contributed by atoms with van der Waals surface area (Å²) in [6.45, 7) is 20.7. The van der Waals surface area contributed by atoms with Crippen LogP contribution in [0.1, 0.15) is 39.1 Å². The second kappa shape index (κ2) is 24.4. The Morgan fingerprint density at radius 2 is 0.907 bits per heavy atom. The predicted molar refractivity (Wildman–Crippen MR) is 274 cm³/mol. The number of ether oxygens (including phenoxy) is 5. The van der Waals surface area contributed by atoms with Crippen LogP contribution in [0.5, 0.6) is 11.5 Å². The molecule has 0 atom stereocenters. The van der Waals surface area contributed by atoms with Gasteiger partial charge < -0.3 is 37.9 Å². The van der Waals surface area contributed by atoms with E-state index in [9.17, 15) is 41.0 Å². The Labute approximate surface area is 433 Å². The maximum absolute atomic E-state index is 13.4. The van der Waals surface area contributed by atoms with Crippen molar-refractivity contribution >= 4 is 28.1 Å². The smallest absolute Gasteiger partial charge is 0.434 e. The Morgan fingerprint density at radius 3 is 1.21 bits per heavy atom. The molecule has 0 saturated heterocycles. The molecule has 1 N–H and O–H groups in total. The third kappa shape index (κ3) is 17.8. The van der Waals surface area contributed by atoms with Crippen LogP contribution in [-0.4, -0.2) is 106 Å². The number of alkyl halides is 6. The minimum Gasteiger partial charge on any atom is -0.492 e. The van der Waals surface area contributed by atoms with Gasteiger partial charge in [0.05, 0.1) is 54.1 Å². The topological polar surface area (TPSA) is 188 Å². The standard InChI is InChI=1S/C26H33F3N4O4Si.C25H31F3N4O4Si/c1-25(2,24(34)35-3)16-37-19-9-7-18(8-10-19)20-13-31-21(14-30-20)23-32-22(26(27,28)29)15-33(23)17-36-11-12-38(4,5)6;1-24(2,23(33)34)15-36-18-8-6-17(7-9-18)19-12-30-20(13-29-19)22-31-21(25(26,27)28)14-32(22)16-35-10-11-37(3,4)5/h7-10,13-15H,11-12,16-17H2,1-6H3;6-9,12-14H,10-11,15-16H2,1-5H3,(H,33,34). The molecular weight excluding hydrogens is 1020 g/mol. The lowest BCUT2D eigenvalue weighted by Crippen LogP contribution is -2.32. The SMILES string of the molecule is CC(C)(COc1ccc(-c2cnc(-c3nc(C(F)(F)F)cn3COCC[Si](C)(C)C)cn2)cc1)C(=O)O.COC(=O)C(C)(C)COc1ccc(-c2cnc(-c3nc(C(F)(F)F)cn3COCC[Si](C)(C)C)cn2)cc1. The number of imidazole rings is 2. The van der Waals surface area contributed by atoms with Crippen LogP contribution in [0.25, 0.3) is 45.6 Å². The summed E-state index contributed by atoms with van der Waals surface area (Å²) in [4.78, 5) is 47.9. The second-order valence-corrected chi connectivity index (χ2v) is 32.5. The molecule has 16 nitrogen and oxygen atoms in total. The molecule has 406 valence electrons. The van der Waals surface area contributed by atoms with E-state index in [1.54, 1.807) is 76.2 Å². The van der Waals surface area contributed by atoms with Crippen molar-refractivity contribution in [3.63, 3.8) is 0 Å². The maximum atomic E-state index is 13.4. The average Bonchev–Trinajstić information content (AvgIpc) is 3.99. The van der Waals surface area contributed by atoms with Gasteiger partial charge in [0.15, 0.2) is 23.0 Å². The van der Waals surface area contributed by atoms with Gasteiger partial charge in [-0.25, -0.2) is 19.9 Å². The maximum Gasteiger partial charge on any atom is 0.434 e. The Morgan fingerprint density at radius 1 is 0.560 bits per heavy atom. The quantitative estimate of drug-likeness (QED) is 0.0293. The lowest BCUT2D eigenvalue weighted by atomic mass is 9.95. The minimum absolute atomic E-state index is 0.00456. The van der Waals surface area contributed by atoms with Gasteiger partial charge in [-0.15, -0.1) is 0 Å². The molecule has 2 aromatic carbocycles. The number of carboxylic acid groups (broad SMARTS) is 1. The molecule has 0 aliphatic rings. The monoisotopic (exact) mass is 1090 g/mol. The third-order valence-corrected chi connectivity index (χ3v) is 14.6. The molecule has 4 heterocycles. The molecule has 0 bridgehead atoms. The van der Waals surface area contributed by atoms with Crippen LogP contribution in [0.15, 0.2) is 85.7 Å². The summed E-state index contributed by atoms with van der Waals surface area (Å²) in [5.41, 5.74) is -1.02. The second-order valence-electron chi connectivity index (χ2n) is 21.3. The molecule has 0 radical (unpaired) electrons. The van der Waals surface area contributed by atoms with Gasteiger partial charge in [-0.3, -0.25) is 19.6 Å². The van der Waals surface area contributed by atoms with E-state index in [-0.39, 0.29) is 55.7 Å². The molecule has 0 unspecified atom stereocenters. The van der Waals surface area contributed by atoms with Gasteiger partial charge in [-0.05, 0) is 88.3 Å². The molecule has 0 spiro atoms. The van der Waals surface area contributed by atoms with Crippen molar-refractivity contribution in [2.24, 2.45) is 10.8 Å². The summed E-state index contributed by atoms with van der Waals surface area (Å²) in [6, 6.07) is 15.6. The molecule has 6 aromatic rings. The highest BCUT2D eigenvalue weighted by Crippen LogP contribution is 2.33. The number of methoxy groups -OCH3 is 1. The van der Waals surface area contributed by atoms with Crippen LogP contribution in [-0.2, 0) is 49.6 Å². The number of hydrogen-bond acceptors (Lipinski definition) is 13. The van der Waals surface area contributed by atoms with Crippen molar-refractivity contribution in [3.05, 3.63) is 97.1 Å². The first-order valence-corrected chi connectivity index (χ1v) is 31.1. The number of rotatable bonds is 22. The zero-order valence-electron chi connectivity index (χ0n) is 43.9. The van der Waals surface area contributed by atoms with Crippen LogP contribution in [0.3, 0.4) is 0 Å². The Bertz CT molecular complexity index is 2810.